The third kappa shape index (κ3) is 4.23. The van der Waals surface area contributed by atoms with Gasteiger partial charge in [0.05, 0.1) is 9.82 Å². The van der Waals surface area contributed by atoms with Crippen molar-refractivity contribution in [3.8, 4) is 0 Å². The SMILES string of the molecule is O=C(NCC1C2CN(S(=O)(=O)c3ccc([N+](=O)[O-])cc3)C[C@H]12)C(O)(c1ccccc1)C1CCCC1. The van der Waals surface area contributed by atoms with Crippen LogP contribution in [0.15, 0.2) is 59.5 Å². The Hall–Kier alpha value is -2.82. The van der Waals surface area contributed by atoms with Crippen LogP contribution in [0.5, 0.6) is 0 Å². The van der Waals surface area contributed by atoms with E-state index in [1.165, 1.54) is 28.6 Å². The van der Waals surface area contributed by atoms with E-state index in [0.717, 1.165) is 25.7 Å². The first-order valence-electron chi connectivity index (χ1n) is 12.0. The van der Waals surface area contributed by atoms with Crippen molar-refractivity contribution in [2.75, 3.05) is 19.6 Å². The van der Waals surface area contributed by atoms with Crippen molar-refractivity contribution < 1.29 is 23.2 Å². The number of rotatable bonds is 8. The number of nitro benzene ring substituents is 1. The van der Waals surface area contributed by atoms with Gasteiger partial charge in [0.15, 0.2) is 5.60 Å². The number of fused-ring (bicyclic) bond motifs is 1. The van der Waals surface area contributed by atoms with Crippen LogP contribution in [0, 0.1) is 33.8 Å². The number of nitro groups is 1. The number of hydrogen-bond acceptors (Lipinski definition) is 6. The van der Waals surface area contributed by atoms with E-state index in [2.05, 4.69) is 5.32 Å². The fourth-order valence-corrected chi connectivity index (χ4v) is 7.45. The van der Waals surface area contributed by atoms with Gasteiger partial charge in [-0.1, -0.05) is 43.2 Å². The molecule has 0 bridgehead atoms. The minimum Gasteiger partial charge on any atom is -0.375 e. The third-order valence-corrected chi connectivity index (χ3v) is 9.87. The summed E-state index contributed by atoms with van der Waals surface area (Å²) in [5.41, 5.74) is -1.11. The van der Waals surface area contributed by atoms with Crippen LogP contribution >= 0.6 is 0 Å². The van der Waals surface area contributed by atoms with Crippen molar-refractivity contribution in [2.45, 2.75) is 36.2 Å². The molecule has 35 heavy (non-hydrogen) atoms. The van der Waals surface area contributed by atoms with Gasteiger partial charge in [0.25, 0.3) is 11.6 Å². The molecule has 2 aromatic carbocycles. The summed E-state index contributed by atoms with van der Waals surface area (Å²) >= 11 is 0. The van der Waals surface area contributed by atoms with Crippen molar-refractivity contribution in [1.82, 2.24) is 9.62 Å². The molecule has 2 N–H and O–H groups in total. The van der Waals surface area contributed by atoms with E-state index in [1.807, 2.05) is 18.2 Å². The highest BCUT2D eigenvalue weighted by Crippen LogP contribution is 2.52. The molecule has 0 aromatic heterocycles. The monoisotopic (exact) mass is 499 g/mol. The fraction of sp³-hybridized carbons (Fsp3) is 0.480. The lowest BCUT2D eigenvalue weighted by Crippen LogP contribution is -2.49. The van der Waals surface area contributed by atoms with Crippen LogP contribution in [0.2, 0.25) is 0 Å². The van der Waals surface area contributed by atoms with Gasteiger partial charge in [0.1, 0.15) is 0 Å². The molecule has 2 aromatic rings. The summed E-state index contributed by atoms with van der Waals surface area (Å²) in [5, 5.41) is 25.4. The Morgan fingerprint density at radius 2 is 1.66 bits per heavy atom. The van der Waals surface area contributed by atoms with Crippen LogP contribution in [0.25, 0.3) is 0 Å². The molecule has 1 amide bonds. The number of piperidine rings is 1. The molecule has 1 saturated heterocycles. The molecule has 0 spiro atoms. The maximum atomic E-state index is 13.3. The van der Waals surface area contributed by atoms with E-state index in [1.54, 1.807) is 12.1 Å². The fourth-order valence-electron chi connectivity index (χ4n) is 5.93. The summed E-state index contributed by atoms with van der Waals surface area (Å²) in [6.45, 7) is 1.12. The maximum Gasteiger partial charge on any atom is 0.269 e. The Morgan fingerprint density at radius 1 is 1.06 bits per heavy atom. The van der Waals surface area contributed by atoms with Crippen molar-refractivity contribution in [1.29, 1.82) is 0 Å². The molecular weight excluding hydrogens is 470 g/mol. The molecule has 10 heteroatoms. The van der Waals surface area contributed by atoms with Crippen LogP contribution in [0.1, 0.15) is 31.2 Å². The van der Waals surface area contributed by atoms with Gasteiger partial charge in [-0.25, -0.2) is 8.42 Å². The first-order chi connectivity index (χ1) is 16.7. The number of sulfonamides is 1. The van der Waals surface area contributed by atoms with Gasteiger partial charge in [-0.05, 0) is 48.3 Å². The summed E-state index contributed by atoms with van der Waals surface area (Å²) in [5.74, 6) is -0.0217. The van der Waals surface area contributed by atoms with Crippen LogP contribution in [-0.2, 0) is 20.4 Å². The Bertz CT molecular complexity index is 1200. The number of carbonyl (C=O) groups excluding carboxylic acids is 1. The Morgan fingerprint density at radius 3 is 2.23 bits per heavy atom. The zero-order valence-electron chi connectivity index (χ0n) is 19.2. The minimum atomic E-state index is -3.73. The lowest BCUT2D eigenvalue weighted by Gasteiger charge is -2.33. The lowest BCUT2D eigenvalue weighted by atomic mass is 9.79. The second-order valence-electron chi connectivity index (χ2n) is 9.89. The number of non-ortho nitro benzene ring substituents is 1. The zero-order chi connectivity index (χ0) is 24.8. The van der Waals surface area contributed by atoms with E-state index < -0.39 is 20.5 Å². The number of nitrogens with zero attached hydrogens (tertiary/aromatic N) is 2. The van der Waals surface area contributed by atoms with E-state index in [4.69, 9.17) is 0 Å². The topological polar surface area (TPSA) is 130 Å². The summed E-state index contributed by atoms with van der Waals surface area (Å²) < 4.78 is 27.3. The van der Waals surface area contributed by atoms with E-state index in [0.29, 0.717) is 25.2 Å². The second kappa shape index (κ2) is 9.00. The molecule has 186 valence electrons. The van der Waals surface area contributed by atoms with Gasteiger partial charge in [0, 0.05) is 37.7 Å². The maximum absolute atomic E-state index is 13.3. The molecular formula is C25H29N3O6S. The number of aliphatic hydroxyl groups is 1. The molecule has 9 nitrogen and oxygen atoms in total. The zero-order valence-corrected chi connectivity index (χ0v) is 20.1. The van der Waals surface area contributed by atoms with Crippen molar-refractivity contribution in [3.05, 3.63) is 70.3 Å². The molecule has 1 heterocycles. The van der Waals surface area contributed by atoms with Crippen LogP contribution < -0.4 is 5.32 Å². The van der Waals surface area contributed by atoms with Gasteiger partial charge in [0.2, 0.25) is 10.0 Å². The smallest absolute Gasteiger partial charge is 0.269 e. The number of hydrogen-bond donors (Lipinski definition) is 2. The highest BCUT2D eigenvalue weighted by atomic mass is 32.2. The lowest BCUT2D eigenvalue weighted by molar-refractivity contribution is -0.384. The number of carbonyl (C=O) groups is 1. The first-order valence-corrected chi connectivity index (χ1v) is 13.5. The first kappa shape index (κ1) is 23.9. The molecule has 4 atom stereocenters. The van der Waals surface area contributed by atoms with Crippen LogP contribution in [0.3, 0.4) is 0 Å². The van der Waals surface area contributed by atoms with Gasteiger partial charge in [-0.15, -0.1) is 0 Å². The van der Waals surface area contributed by atoms with Crippen molar-refractivity contribution >= 4 is 21.6 Å². The van der Waals surface area contributed by atoms with Crippen LogP contribution in [-0.4, -0.2) is 48.3 Å². The molecule has 0 radical (unpaired) electrons. The minimum absolute atomic E-state index is 0.0405. The Balaban J connectivity index is 1.20. The van der Waals surface area contributed by atoms with Gasteiger partial charge < -0.3 is 10.4 Å². The van der Waals surface area contributed by atoms with Gasteiger partial charge >= 0.3 is 0 Å². The molecule has 1 aliphatic heterocycles. The number of nitrogens with one attached hydrogen (secondary N) is 1. The summed E-state index contributed by atoms with van der Waals surface area (Å²) in [7, 11) is -3.73. The number of benzene rings is 2. The van der Waals surface area contributed by atoms with Crippen molar-refractivity contribution in [3.63, 3.8) is 0 Å². The highest BCUT2D eigenvalue weighted by Gasteiger charge is 2.58. The third-order valence-electron chi connectivity index (χ3n) is 8.03. The van der Waals surface area contributed by atoms with E-state index in [-0.39, 0.29) is 40.2 Å². The normalized spacial score (nSPS) is 26.1. The highest BCUT2D eigenvalue weighted by molar-refractivity contribution is 7.89. The molecule has 3 unspecified atom stereocenters. The van der Waals surface area contributed by atoms with E-state index in [9.17, 15) is 28.4 Å². The predicted molar refractivity (Wildman–Crippen MR) is 128 cm³/mol. The molecule has 3 fully saturated rings. The summed E-state index contributed by atoms with van der Waals surface area (Å²) in [6.07, 6.45) is 3.61. The van der Waals surface area contributed by atoms with E-state index >= 15 is 0 Å². The Labute approximate surface area is 204 Å². The van der Waals surface area contributed by atoms with Crippen LogP contribution in [0.4, 0.5) is 5.69 Å². The molecule has 5 rings (SSSR count). The quantitative estimate of drug-likeness (QED) is 0.424. The van der Waals surface area contributed by atoms with Crippen molar-refractivity contribution in [2.24, 2.45) is 23.7 Å². The molecule has 3 aliphatic rings. The molecule has 2 saturated carbocycles. The Kier molecular flexibility index (Phi) is 6.14. The summed E-state index contributed by atoms with van der Waals surface area (Å²) in [6, 6.07) is 14.0. The van der Waals surface area contributed by atoms with Gasteiger partial charge in [-0.3, -0.25) is 14.9 Å². The predicted octanol–water partition coefficient (Wildman–Crippen LogP) is 2.66. The summed E-state index contributed by atoms with van der Waals surface area (Å²) in [4.78, 5) is 23.6. The number of amides is 1. The standard InChI is InChI=1S/C25H29N3O6S/c29-24(25(30,18-8-4-5-9-18)17-6-2-1-3-7-17)26-14-21-22-15-27(16-23(21)22)35(33,34)20-12-10-19(11-13-20)28(31)32/h1-3,6-7,10-13,18,21-23,30H,4-5,8-9,14-16H2,(H,26,29)/t21?,22-,23?,25?/m1/s1. The van der Waals surface area contributed by atoms with Gasteiger partial charge in [-0.2, -0.15) is 4.31 Å². The average molecular weight is 500 g/mol. The molecule has 2 aliphatic carbocycles. The largest absolute Gasteiger partial charge is 0.375 e. The average Bonchev–Trinajstić information content (AvgIpc) is 3.26. The second-order valence-corrected chi connectivity index (χ2v) is 11.8.